The first-order chi connectivity index (χ1) is 7.72. The number of H-pyrrole nitrogens is 1. The lowest BCUT2D eigenvalue weighted by Gasteiger charge is -2.02. The Kier molecular flexibility index (Phi) is 2.70. The lowest BCUT2D eigenvalue weighted by molar-refractivity contribution is 0.0691. The van der Waals surface area contributed by atoms with Gasteiger partial charge in [-0.3, -0.25) is 5.10 Å². The minimum atomic E-state index is -1.05. The van der Waals surface area contributed by atoms with Gasteiger partial charge in [0.1, 0.15) is 0 Å². The molecule has 82 valence electrons. The van der Waals surface area contributed by atoms with Crippen LogP contribution in [0.5, 0.6) is 0 Å². The van der Waals surface area contributed by atoms with Gasteiger partial charge in [-0.2, -0.15) is 5.10 Å². The Bertz CT molecular complexity index is 519. The van der Waals surface area contributed by atoms with Crippen molar-refractivity contribution >= 4 is 5.97 Å². The number of carboxylic acid groups (broad SMARTS) is 1. The van der Waals surface area contributed by atoms with Gasteiger partial charge in [0, 0.05) is 5.56 Å². The number of aromatic amines is 1. The van der Waals surface area contributed by atoms with Crippen LogP contribution in [0, 0.1) is 0 Å². The molecule has 5 heteroatoms. The van der Waals surface area contributed by atoms with Crippen LogP contribution in [-0.2, 0) is 6.61 Å². The average molecular weight is 218 g/mol. The van der Waals surface area contributed by atoms with E-state index in [2.05, 4.69) is 10.2 Å². The van der Waals surface area contributed by atoms with E-state index in [1.165, 1.54) is 6.20 Å². The second-order valence-corrected chi connectivity index (χ2v) is 3.32. The maximum Gasteiger partial charge on any atom is 0.354 e. The van der Waals surface area contributed by atoms with Gasteiger partial charge in [-0.25, -0.2) is 4.79 Å². The van der Waals surface area contributed by atoms with Crippen LogP contribution < -0.4 is 0 Å². The smallest absolute Gasteiger partial charge is 0.354 e. The predicted octanol–water partition coefficient (Wildman–Crippen LogP) is 1.27. The van der Waals surface area contributed by atoms with Crippen LogP contribution in [0.2, 0.25) is 0 Å². The van der Waals surface area contributed by atoms with Crippen molar-refractivity contribution in [1.29, 1.82) is 0 Å². The number of aromatic carboxylic acids is 1. The van der Waals surface area contributed by atoms with E-state index in [-0.39, 0.29) is 12.3 Å². The van der Waals surface area contributed by atoms with Gasteiger partial charge in [0.25, 0.3) is 0 Å². The fourth-order valence-corrected chi connectivity index (χ4v) is 1.51. The highest BCUT2D eigenvalue weighted by molar-refractivity contribution is 5.93. The van der Waals surface area contributed by atoms with Crippen LogP contribution in [0.4, 0.5) is 0 Å². The molecule has 0 unspecified atom stereocenters. The van der Waals surface area contributed by atoms with Gasteiger partial charge >= 0.3 is 5.97 Å². The summed E-state index contributed by atoms with van der Waals surface area (Å²) in [5, 5.41) is 24.1. The number of aliphatic hydroxyl groups excluding tert-OH is 1. The lowest BCUT2D eigenvalue weighted by Crippen LogP contribution is -1.99. The number of carboxylic acids is 1. The Labute approximate surface area is 91.4 Å². The molecule has 2 rings (SSSR count). The molecule has 0 fully saturated rings. The standard InChI is InChI=1S/C11H10N2O3/c14-6-7-2-1-3-8(4-7)9-5-12-13-10(9)11(15)16/h1-5,14H,6H2,(H,12,13)(H,15,16). The monoisotopic (exact) mass is 218 g/mol. The quantitative estimate of drug-likeness (QED) is 0.724. The molecular weight excluding hydrogens is 208 g/mol. The number of hydrogen-bond acceptors (Lipinski definition) is 3. The fraction of sp³-hybridized carbons (Fsp3) is 0.0909. The van der Waals surface area contributed by atoms with Gasteiger partial charge in [-0.15, -0.1) is 0 Å². The van der Waals surface area contributed by atoms with Gasteiger partial charge in [0.15, 0.2) is 5.69 Å². The molecule has 0 aliphatic heterocycles. The largest absolute Gasteiger partial charge is 0.477 e. The molecule has 0 amide bonds. The first-order valence-corrected chi connectivity index (χ1v) is 4.69. The molecule has 16 heavy (non-hydrogen) atoms. The van der Waals surface area contributed by atoms with Crippen molar-refractivity contribution in [2.45, 2.75) is 6.61 Å². The summed E-state index contributed by atoms with van der Waals surface area (Å²) in [6.45, 7) is -0.0753. The number of nitrogens with zero attached hydrogens (tertiary/aromatic N) is 1. The van der Waals surface area contributed by atoms with Crippen molar-refractivity contribution in [3.63, 3.8) is 0 Å². The molecule has 2 aromatic rings. The molecule has 1 heterocycles. The van der Waals surface area contributed by atoms with Gasteiger partial charge in [0.2, 0.25) is 0 Å². The molecule has 1 aromatic heterocycles. The zero-order valence-corrected chi connectivity index (χ0v) is 8.34. The molecule has 0 bridgehead atoms. The second kappa shape index (κ2) is 4.16. The second-order valence-electron chi connectivity index (χ2n) is 3.32. The Morgan fingerprint density at radius 1 is 1.44 bits per heavy atom. The molecule has 0 atom stereocenters. The minimum absolute atomic E-state index is 0.0510. The van der Waals surface area contributed by atoms with Crippen molar-refractivity contribution in [3.8, 4) is 11.1 Å². The van der Waals surface area contributed by atoms with E-state index in [1.54, 1.807) is 24.3 Å². The number of hydrogen-bond donors (Lipinski definition) is 3. The first kappa shape index (κ1) is 10.4. The highest BCUT2D eigenvalue weighted by Crippen LogP contribution is 2.22. The molecule has 5 nitrogen and oxygen atoms in total. The van der Waals surface area contributed by atoms with Crippen LogP contribution in [-0.4, -0.2) is 26.4 Å². The maximum atomic E-state index is 10.9. The van der Waals surface area contributed by atoms with E-state index in [4.69, 9.17) is 10.2 Å². The molecule has 0 aliphatic rings. The van der Waals surface area contributed by atoms with Gasteiger partial charge in [0.05, 0.1) is 12.8 Å². The van der Waals surface area contributed by atoms with E-state index in [1.807, 2.05) is 0 Å². The topological polar surface area (TPSA) is 86.2 Å². The average Bonchev–Trinajstić information content (AvgIpc) is 2.78. The molecule has 0 saturated carbocycles. The van der Waals surface area contributed by atoms with Crippen molar-refractivity contribution in [2.75, 3.05) is 0 Å². The molecule has 1 aromatic carbocycles. The normalized spacial score (nSPS) is 10.3. The Morgan fingerprint density at radius 2 is 2.25 bits per heavy atom. The zero-order chi connectivity index (χ0) is 11.5. The lowest BCUT2D eigenvalue weighted by atomic mass is 10.0. The van der Waals surface area contributed by atoms with E-state index in [0.29, 0.717) is 5.56 Å². The molecule has 0 aliphatic carbocycles. The van der Waals surface area contributed by atoms with E-state index in [0.717, 1.165) is 11.1 Å². The molecule has 3 N–H and O–H groups in total. The summed E-state index contributed by atoms with van der Waals surface area (Å²) in [6, 6.07) is 7.04. The van der Waals surface area contributed by atoms with Crippen LogP contribution in [0.15, 0.2) is 30.5 Å². The van der Waals surface area contributed by atoms with Gasteiger partial charge in [-0.1, -0.05) is 18.2 Å². The summed E-state index contributed by atoms with van der Waals surface area (Å²) in [6.07, 6.45) is 1.46. The van der Waals surface area contributed by atoms with Crippen molar-refractivity contribution in [2.24, 2.45) is 0 Å². The molecule has 0 spiro atoms. The third-order valence-corrected chi connectivity index (χ3v) is 2.27. The number of aliphatic hydroxyl groups is 1. The van der Waals surface area contributed by atoms with Crippen LogP contribution in [0.25, 0.3) is 11.1 Å². The number of nitrogens with one attached hydrogen (secondary N) is 1. The summed E-state index contributed by atoms with van der Waals surface area (Å²) in [5.41, 5.74) is 2.02. The third kappa shape index (κ3) is 1.80. The zero-order valence-electron chi connectivity index (χ0n) is 8.34. The number of aromatic nitrogens is 2. The fourth-order valence-electron chi connectivity index (χ4n) is 1.51. The first-order valence-electron chi connectivity index (χ1n) is 4.69. The maximum absolute atomic E-state index is 10.9. The number of benzene rings is 1. The number of carbonyl (C=O) groups is 1. The minimum Gasteiger partial charge on any atom is -0.477 e. The predicted molar refractivity (Wildman–Crippen MR) is 56.9 cm³/mol. The highest BCUT2D eigenvalue weighted by atomic mass is 16.4. The van der Waals surface area contributed by atoms with Crippen molar-refractivity contribution in [3.05, 3.63) is 41.7 Å². The van der Waals surface area contributed by atoms with Crippen molar-refractivity contribution < 1.29 is 15.0 Å². The van der Waals surface area contributed by atoms with E-state index < -0.39 is 5.97 Å². The summed E-state index contributed by atoms with van der Waals surface area (Å²) in [5.74, 6) is -1.05. The van der Waals surface area contributed by atoms with E-state index >= 15 is 0 Å². The summed E-state index contributed by atoms with van der Waals surface area (Å²) in [4.78, 5) is 10.9. The van der Waals surface area contributed by atoms with Crippen LogP contribution in [0.3, 0.4) is 0 Å². The Morgan fingerprint density at radius 3 is 2.94 bits per heavy atom. The molecule has 0 saturated heterocycles. The van der Waals surface area contributed by atoms with Gasteiger partial charge < -0.3 is 10.2 Å². The Balaban J connectivity index is 2.50. The van der Waals surface area contributed by atoms with Crippen LogP contribution >= 0.6 is 0 Å². The number of rotatable bonds is 3. The molecular formula is C11H10N2O3. The van der Waals surface area contributed by atoms with E-state index in [9.17, 15) is 4.79 Å². The van der Waals surface area contributed by atoms with Gasteiger partial charge in [-0.05, 0) is 17.2 Å². The SMILES string of the molecule is O=C(O)c1[nH]ncc1-c1cccc(CO)c1. The summed E-state index contributed by atoms with van der Waals surface area (Å²) in [7, 11) is 0. The Hall–Kier alpha value is -2.14. The summed E-state index contributed by atoms with van der Waals surface area (Å²) < 4.78 is 0. The van der Waals surface area contributed by atoms with Crippen LogP contribution in [0.1, 0.15) is 16.1 Å². The van der Waals surface area contributed by atoms with Crippen molar-refractivity contribution in [1.82, 2.24) is 10.2 Å². The summed E-state index contributed by atoms with van der Waals surface area (Å²) >= 11 is 0. The highest BCUT2D eigenvalue weighted by Gasteiger charge is 2.13. The third-order valence-electron chi connectivity index (χ3n) is 2.27. The molecule has 0 radical (unpaired) electrons.